The molecule has 1 N–H and O–H groups in total. The second-order valence-corrected chi connectivity index (χ2v) is 5.71. The summed E-state index contributed by atoms with van der Waals surface area (Å²) in [6.45, 7) is 8.12. The van der Waals surface area contributed by atoms with Crippen molar-refractivity contribution in [3.63, 3.8) is 0 Å². The topological polar surface area (TPSA) is 26.7 Å². The van der Waals surface area contributed by atoms with Crippen molar-refractivity contribution in [2.45, 2.75) is 32.8 Å². The molecule has 20 heavy (non-hydrogen) atoms. The van der Waals surface area contributed by atoms with Crippen LogP contribution in [0.5, 0.6) is 0 Å². The molecule has 0 aliphatic carbocycles. The zero-order valence-electron chi connectivity index (χ0n) is 13.5. The molecule has 0 heterocycles. The Morgan fingerprint density at radius 1 is 1.00 bits per heavy atom. The quantitative estimate of drug-likeness (QED) is 0.752. The number of likely N-dealkylation sites (N-methyl/N-ethyl adjacent to an activating group) is 1. The molecule has 0 aromatic heterocycles. The zero-order chi connectivity index (χ0) is 15.0. The lowest BCUT2D eigenvalue weighted by Gasteiger charge is -2.26. The van der Waals surface area contributed by atoms with Gasteiger partial charge < -0.3 is 10.0 Å². The molecule has 1 aromatic rings. The summed E-state index contributed by atoms with van der Waals surface area (Å²) in [7, 11) is 4.17. The van der Waals surface area contributed by atoms with E-state index in [9.17, 15) is 5.11 Å². The van der Waals surface area contributed by atoms with E-state index < -0.39 is 6.10 Å². The van der Waals surface area contributed by atoms with E-state index in [0.717, 1.165) is 38.0 Å². The van der Waals surface area contributed by atoms with E-state index in [1.807, 2.05) is 0 Å². The van der Waals surface area contributed by atoms with Crippen molar-refractivity contribution in [1.82, 2.24) is 9.80 Å². The third kappa shape index (κ3) is 6.04. The van der Waals surface area contributed by atoms with Gasteiger partial charge in [-0.1, -0.05) is 38.1 Å². The van der Waals surface area contributed by atoms with Gasteiger partial charge in [-0.25, -0.2) is 0 Å². The lowest BCUT2D eigenvalue weighted by Crippen LogP contribution is -2.35. The fourth-order valence-electron chi connectivity index (χ4n) is 2.28. The standard InChI is InChI=1S/C17H30N2O/c1-5-11-19(13-12-18(3)4)14-17(20)16-9-7-15(6-2)8-10-16/h7-10,17,20H,5-6,11-14H2,1-4H3. The SMILES string of the molecule is CCCN(CCN(C)C)CC(O)c1ccc(CC)cc1. The third-order valence-corrected chi connectivity index (χ3v) is 3.61. The van der Waals surface area contributed by atoms with Crippen LogP contribution in [0.15, 0.2) is 24.3 Å². The molecule has 0 saturated heterocycles. The molecule has 0 bridgehead atoms. The molecule has 1 rings (SSSR count). The van der Waals surface area contributed by atoms with E-state index in [0.29, 0.717) is 6.54 Å². The van der Waals surface area contributed by atoms with Crippen LogP contribution in [0.4, 0.5) is 0 Å². The summed E-state index contributed by atoms with van der Waals surface area (Å²) in [6, 6.07) is 8.34. The van der Waals surface area contributed by atoms with E-state index >= 15 is 0 Å². The normalized spacial score (nSPS) is 13.2. The lowest BCUT2D eigenvalue weighted by molar-refractivity contribution is 0.108. The summed E-state index contributed by atoms with van der Waals surface area (Å²) in [5.74, 6) is 0. The molecule has 0 radical (unpaired) electrons. The number of nitrogens with zero attached hydrogens (tertiary/aromatic N) is 2. The van der Waals surface area contributed by atoms with Crippen molar-refractivity contribution in [3.05, 3.63) is 35.4 Å². The summed E-state index contributed by atoms with van der Waals surface area (Å²) < 4.78 is 0. The Hall–Kier alpha value is -0.900. The van der Waals surface area contributed by atoms with Crippen LogP contribution in [0.25, 0.3) is 0 Å². The molecular weight excluding hydrogens is 248 g/mol. The van der Waals surface area contributed by atoms with Gasteiger partial charge in [-0.2, -0.15) is 0 Å². The Kier molecular flexibility index (Phi) is 7.82. The van der Waals surface area contributed by atoms with Crippen LogP contribution in [-0.4, -0.2) is 55.2 Å². The van der Waals surface area contributed by atoms with E-state index in [1.165, 1.54) is 5.56 Å². The Balaban J connectivity index is 2.56. The first-order valence-corrected chi connectivity index (χ1v) is 7.70. The summed E-state index contributed by atoms with van der Waals surface area (Å²) in [5, 5.41) is 10.4. The fourth-order valence-corrected chi connectivity index (χ4v) is 2.28. The van der Waals surface area contributed by atoms with Crippen molar-refractivity contribution >= 4 is 0 Å². The van der Waals surface area contributed by atoms with Crippen LogP contribution in [0.3, 0.4) is 0 Å². The fraction of sp³-hybridized carbons (Fsp3) is 0.647. The van der Waals surface area contributed by atoms with Crippen molar-refractivity contribution in [1.29, 1.82) is 0 Å². The van der Waals surface area contributed by atoms with Gasteiger partial charge in [-0.15, -0.1) is 0 Å². The Morgan fingerprint density at radius 3 is 2.15 bits per heavy atom. The van der Waals surface area contributed by atoms with Crippen molar-refractivity contribution < 1.29 is 5.11 Å². The summed E-state index contributed by atoms with van der Waals surface area (Å²) in [5.41, 5.74) is 2.34. The van der Waals surface area contributed by atoms with E-state index in [1.54, 1.807) is 0 Å². The smallest absolute Gasteiger partial charge is 0.0916 e. The summed E-state index contributed by atoms with van der Waals surface area (Å²) in [6.07, 6.45) is 1.77. The van der Waals surface area contributed by atoms with Crippen LogP contribution in [0, 0.1) is 0 Å². The van der Waals surface area contributed by atoms with E-state index in [4.69, 9.17) is 0 Å². The first-order valence-electron chi connectivity index (χ1n) is 7.70. The Labute approximate surface area is 124 Å². The van der Waals surface area contributed by atoms with Crippen molar-refractivity contribution in [2.24, 2.45) is 0 Å². The molecule has 3 heteroatoms. The maximum Gasteiger partial charge on any atom is 0.0916 e. The molecule has 1 unspecified atom stereocenters. The highest BCUT2D eigenvalue weighted by atomic mass is 16.3. The van der Waals surface area contributed by atoms with Gasteiger partial charge in [0.2, 0.25) is 0 Å². The van der Waals surface area contributed by atoms with Gasteiger partial charge in [0.25, 0.3) is 0 Å². The van der Waals surface area contributed by atoms with Gasteiger partial charge in [-0.05, 0) is 44.6 Å². The van der Waals surface area contributed by atoms with Crippen LogP contribution in [-0.2, 0) is 6.42 Å². The van der Waals surface area contributed by atoms with Gasteiger partial charge in [0.15, 0.2) is 0 Å². The second kappa shape index (κ2) is 9.11. The zero-order valence-corrected chi connectivity index (χ0v) is 13.5. The number of aliphatic hydroxyl groups excluding tert-OH is 1. The minimum absolute atomic E-state index is 0.394. The van der Waals surface area contributed by atoms with E-state index in [-0.39, 0.29) is 0 Å². The van der Waals surface area contributed by atoms with Crippen LogP contribution < -0.4 is 0 Å². The number of rotatable bonds is 9. The number of aliphatic hydroxyl groups is 1. The van der Waals surface area contributed by atoms with Gasteiger partial charge in [-0.3, -0.25) is 4.90 Å². The number of aryl methyl sites for hydroxylation is 1. The molecule has 1 aromatic carbocycles. The van der Waals surface area contributed by atoms with Gasteiger partial charge in [0.05, 0.1) is 6.10 Å². The van der Waals surface area contributed by atoms with Gasteiger partial charge in [0, 0.05) is 19.6 Å². The van der Waals surface area contributed by atoms with Crippen molar-refractivity contribution in [2.75, 3.05) is 40.3 Å². The van der Waals surface area contributed by atoms with E-state index in [2.05, 4.69) is 62.0 Å². The van der Waals surface area contributed by atoms with Gasteiger partial charge in [0.1, 0.15) is 0 Å². The molecule has 0 fully saturated rings. The number of hydrogen-bond acceptors (Lipinski definition) is 3. The average Bonchev–Trinajstić information content (AvgIpc) is 2.45. The van der Waals surface area contributed by atoms with Crippen LogP contribution in [0.1, 0.15) is 37.5 Å². The maximum absolute atomic E-state index is 10.4. The molecule has 0 saturated carbocycles. The first kappa shape index (κ1) is 17.2. The molecule has 1 atom stereocenters. The largest absolute Gasteiger partial charge is 0.387 e. The molecule has 0 aliphatic rings. The minimum Gasteiger partial charge on any atom is -0.387 e. The molecule has 0 amide bonds. The predicted octanol–water partition coefficient (Wildman–Crippen LogP) is 2.56. The molecule has 3 nitrogen and oxygen atoms in total. The number of benzene rings is 1. The highest BCUT2D eigenvalue weighted by molar-refractivity contribution is 5.24. The summed E-state index contributed by atoms with van der Waals surface area (Å²) in [4.78, 5) is 4.53. The minimum atomic E-state index is -0.394. The first-order chi connectivity index (χ1) is 9.56. The van der Waals surface area contributed by atoms with Gasteiger partial charge >= 0.3 is 0 Å². The molecule has 0 spiro atoms. The van der Waals surface area contributed by atoms with Crippen molar-refractivity contribution in [3.8, 4) is 0 Å². The maximum atomic E-state index is 10.4. The molecular formula is C17H30N2O. The Morgan fingerprint density at radius 2 is 1.65 bits per heavy atom. The Bertz CT molecular complexity index is 362. The highest BCUT2D eigenvalue weighted by Gasteiger charge is 2.13. The predicted molar refractivity (Wildman–Crippen MR) is 86.1 cm³/mol. The third-order valence-electron chi connectivity index (χ3n) is 3.61. The molecule has 114 valence electrons. The molecule has 0 aliphatic heterocycles. The van der Waals surface area contributed by atoms with Crippen LogP contribution >= 0.6 is 0 Å². The average molecular weight is 278 g/mol. The van der Waals surface area contributed by atoms with Crippen LogP contribution in [0.2, 0.25) is 0 Å². The number of hydrogen-bond donors (Lipinski definition) is 1. The monoisotopic (exact) mass is 278 g/mol. The summed E-state index contributed by atoms with van der Waals surface area (Å²) >= 11 is 0. The second-order valence-electron chi connectivity index (χ2n) is 5.71. The highest BCUT2D eigenvalue weighted by Crippen LogP contribution is 2.15. The lowest BCUT2D eigenvalue weighted by atomic mass is 10.1.